The summed E-state index contributed by atoms with van der Waals surface area (Å²) in [6.45, 7) is 2.32. The first-order valence-corrected chi connectivity index (χ1v) is 13.2. The normalized spacial score (nSPS) is 23.1. The fraction of sp³-hybridized carbons (Fsp3) is 0.429. The van der Waals surface area contributed by atoms with Crippen molar-refractivity contribution in [3.63, 3.8) is 0 Å². The van der Waals surface area contributed by atoms with E-state index in [0.717, 1.165) is 0 Å². The molecule has 0 aromatic heterocycles. The van der Waals surface area contributed by atoms with Gasteiger partial charge in [-0.15, -0.1) is 0 Å². The van der Waals surface area contributed by atoms with Crippen molar-refractivity contribution < 1.29 is 40.6 Å². The number of halogens is 6. The number of hydroxylamine groups is 2. The lowest BCUT2D eigenvalue weighted by Crippen LogP contribution is -2.51. The van der Waals surface area contributed by atoms with E-state index in [0.29, 0.717) is 60.5 Å². The Morgan fingerprint density at radius 3 is 2.31 bits per heavy atom. The highest BCUT2D eigenvalue weighted by atomic mass is 19.4. The van der Waals surface area contributed by atoms with Gasteiger partial charge < -0.3 is 24.5 Å². The van der Waals surface area contributed by atoms with E-state index in [1.54, 1.807) is 29.2 Å². The van der Waals surface area contributed by atoms with Crippen LogP contribution in [0.1, 0.15) is 16.7 Å². The monoisotopic (exact) mass is 599 g/mol. The third kappa shape index (κ3) is 6.46. The lowest BCUT2D eigenvalue weighted by atomic mass is 9.94. The summed E-state index contributed by atoms with van der Waals surface area (Å²) >= 11 is 0. The van der Waals surface area contributed by atoms with E-state index in [-0.39, 0.29) is 30.7 Å². The van der Waals surface area contributed by atoms with Crippen LogP contribution in [-0.4, -0.2) is 68.9 Å². The summed E-state index contributed by atoms with van der Waals surface area (Å²) in [7, 11) is 1.50. The van der Waals surface area contributed by atoms with Crippen LogP contribution in [0.25, 0.3) is 0 Å². The molecule has 3 aliphatic rings. The molecule has 1 fully saturated rings. The standard InChI is InChI=1S/C28H29F6N4O4/c1-40-24-5-3-2-4-22(24)37-17-35-16-21-23(14-18-12-19(27(29,30)31)15-20(13-18)28(32,33)34)38(39)7-6-25(42-26(21)37)36-8-10-41-11-9-36/h2-7,12-13,15,23,25,35H,8-11,14,16-17H2,1H3/q-1/b7-6-. The van der Waals surface area contributed by atoms with Crippen molar-refractivity contribution in [2.45, 2.75) is 31.0 Å². The molecule has 0 spiro atoms. The van der Waals surface area contributed by atoms with Crippen LogP contribution in [0.15, 0.2) is 66.2 Å². The van der Waals surface area contributed by atoms with Crippen LogP contribution in [0, 0.1) is 5.21 Å². The molecule has 0 bridgehead atoms. The number of hydrogen-bond acceptors (Lipinski definition) is 8. The molecule has 0 amide bonds. The predicted molar refractivity (Wildman–Crippen MR) is 141 cm³/mol. The molecule has 2 unspecified atom stereocenters. The number of para-hydroxylation sites is 2. The van der Waals surface area contributed by atoms with E-state index in [1.807, 2.05) is 4.90 Å². The number of anilines is 1. The number of benzene rings is 2. The number of rotatable bonds is 5. The van der Waals surface area contributed by atoms with Crippen molar-refractivity contribution in [2.75, 3.05) is 51.5 Å². The minimum Gasteiger partial charge on any atom is -0.758 e. The number of nitrogens with zero attached hydrogens (tertiary/aromatic N) is 3. The molecule has 1 saturated heterocycles. The number of hydrogen-bond donors (Lipinski definition) is 1. The van der Waals surface area contributed by atoms with Gasteiger partial charge in [-0.25, -0.2) is 0 Å². The Kier molecular flexibility index (Phi) is 8.60. The highest BCUT2D eigenvalue weighted by Gasteiger charge is 2.38. The predicted octanol–water partition coefficient (Wildman–Crippen LogP) is 4.92. The lowest BCUT2D eigenvalue weighted by molar-refractivity contribution is -0.143. The summed E-state index contributed by atoms with van der Waals surface area (Å²) < 4.78 is 99.0. The largest absolute Gasteiger partial charge is 0.758 e. The Morgan fingerprint density at radius 2 is 1.67 bits per heavy atom. The van der Waals surface area contributed by atoms with Gasteiger partial charge in [-0.05, 0) is 54.6 Å². The van der Waals surface area contributed by atoms with Gasteiger partial charge in [-0.1, -0.05) is 12.1 Å². The first-order chi connectivity index (χ1) is 20.0. The third-order valence-electron chi connectivity index (χ3n) is 7.30. The van der Waals surface area contributed by atoms with Gasteiger partial charge in [0.25, 0.3) is 0 Å². The summed E-state index contributed by atoms with van der Waals surface area (Å²) in [5.74, 6) is 0.772. The van der Waals surface area contributed by atoms with Crippen molar-refractivity contribution in [3.8, 4) is 5.75 Å². The van der Waals surface area contributed by atoms with Gasteiger partial charge in [-0.2, -0.15) is 26.3 Å². The highest BCUT2D eigenvalue weighted by Crippen LogP contribution is 2.39. The van der Waals surface area contributed by atoms with E-state index in [4.69, 9.17) is 14.2 Å². The molecule has 0 aliphatic carbocycles. The van der Waals surface area contributed by atoms with E-state index < -0.39 is 42.2 Å². The summed E-state index contributed by atoms with van der Waals surface area (Å²) in [4.78, 5) is 3.72. The Bertz CT molecular complexity index is 1290. The molecule has 2 aromatic rings. The third-order valence-corrected chi connectivity index (χ3v) is 7.30. The Balaban J connectivity index is 1.61. The number of methoxy groups -OCH3 is 1. The zero-order chi connectivity index (χ0) is 30.1. The van der Waals surface area contributed by atoms with Crippen molar-refractivity contribution >= 4 is 5.69 Å². The van der Waals surface area contributed by atoms with Crippen LogP contribution >= 0.6 is 0 Å². The molecule has 8 nitrogen and oxygen atoms in total. The molecule has 0 radical (unpaired) electrons. The van der Waals surface area contributed by atoms with Crippen molar-refractivity contribution in [1.29, 1.82) is 0 Å². The SMILES string of the molecule is COc1ccccc1N1CNCC2=C1OC(N1CCOCC1)/C=C\N([O-])C2Cc1cc(C(F)(F)F)cc(C(F)(F)F)c1. The van der Waals surface area contributed by atoms with E-state index in [2.05, 4.69) is 5.32 Å². The number of nitrogens with one attached hydrogen (secondary N) is 1. The van der Waals surface area contributed by atoms with Gasteiger partial charge >= 0.3 is 12.4 Å². The molecule has 2 atom stereocenters. The molecule has 228 valence electrons. The maximum absolute atomic E-state index is 13.6. The number of morpholine rings is 1. The molecule has 1 N–H and O–H groups in total. The van der Waals surface area contributed by atoms with Crippen LogP contribution in [-0.2, 0) is 28.2 Å². The molecule has 2 aromatic carbocycles. The number of alkyl halides is 6. The molecule has 42 heavy (non-hydrogen) atoms. The van der Waals surface area contributed by atoms with Crippen LogP contribution in [0.5, 0.6) is 5.75 Å². The van der Waals surface area contributed by atoms with Crippen LogP contribution in [0.4, 0.5) is 32.0 Å². The Hall–Kier alpha value is -3.46. The quantitative estimate of drug-likeness (QED) is 0.486. The maximum Gasteiger partial charge on any atom is 0.416 e. The van der Waals surface area contributed by atoms with E-state index in [9.17, 15) is 31.5 Å². The van der Waals surface area contributed by atoms with Crippen molar-refractivity contribution in [1.82, 2.24) is 15.3 Å². The lowest BCUT2D eigenvalue weighted by Gasteiger charge is -2.46. The van der Waals surface area contributed by atoms with Gasteiger partial charge in [0.05, 0.1) is 43.8 Å². The van der Waals surface area contributed by atoms with Crippen LogP contribution < -0.4 is 15.0 Å². The van der Waals surface area contributed by atoms with Crippen molar-refractivity contribution in [2.24, 2.45) is 0 Å². The average molecular weight is 600 g/mol. The van der Waals surface area contributed by atoms with E-state index in [1.165, 1.54) is 19.4 Å². The zero-order valence-electron chi connectivity index (χ0n) is 22.5. The summed E-state index contributed by atoms with van der Waals surface area (Å²) in [6.07, 6.45) is -8.40. The van der Waals surface area contributed by atoms with Crippen molar-refractivity contribution in [3.05, 3.63) is 88.1 Å². The highest BCUT2D eigenvalue weighted by molar-refractivity contribution is 5.62. The second kappa shape index (κ2) is 12.0. The molecule has 3 heterocycles. The molecule has 14 heteroatoms. The van der Waals surface area contributed by atoms with E-state index >= 15 is 0 Å². The smallest absolute Gasteiger partial charge is 0.416 e. The Morgan fingerprint density at radius 1 is 1.00 bits per heavy atom. The topological polar surface area (TPSA) is 72.5 Å². The molecular weight excluding hydrogens is 570 g/mol. The van der Waals surface area contributed by atoms with Gasteiger partial charge in [0.1, 0.15) is 5.75 Å². The molecule has 3 aliphatic heterocycles. The molecule has 5 rings (SSSR count). The van der Waals surface area contributed by atoms with Gasteiger partial charge in [0, 0.05) is 31.2 Å². The second-order valence-electron chi connectivity index (χ2n) is 10.0. The van der Waals surface area contributed by atoms with Crippen LogP contribution in [0.2, 0.25) is 0 Å². The fourth-order valence-electron chi connectivity index (χ4n) is 5.24. The fourth-order valence-corrected chi connectivity index (χ4v) is 5.24. The summed E-state index contributed by atoms with van der Waals surface area (Å²) in [5, 5.41) is 17.3. The summed E-state index contributed by atoms with van der Waals surface area (Å²) in [6, 6.07) is 7.28. The second-order valence-corrected chi connectivity index (χ2v) is 10.0. The van der Waals surface area contributed by atoms with Gasteiger partial charge in [0.2, 0.25) is 0 Å². The minimum absolute atomic E-state index is 0.0722. The minimum atomic E-state index is -5.01. The average Bonchev–Trinajstić information content (AvgIpc) is 2.96. The van der Waals surface area contributed by atoms with Gasteiger partial charge in [-0.3, -0.25) is 15.1 Å². The maximum atomic E-state index is 13.6. The first-order valence-electron chi connectivity index (χ1n) is 13.2. The number of ether oxygens (including phenoxy) is 3. The molecular formula is C28H29F6N4O4-. The Labute approximate surface area is 238 Å². The first kappa shape index (κ1) is 30.0. The van der Waals surface area contributed by atoms with Crippen LogP contribution in [0.3, 0.4) is 0 Å². The zero-order valence-corrected chi connectivity index (χ0v) is 22.5. The summed E-state index contributed by atoms with van der Waals surface area (Å²) in [5.41, 5.74) is -2.21. The molecule has 0 saturated carbocycles. The van der Waals surface area contributed by atoms with Gasteiger partial charge in [0.15, 0.2) is 12.1 Å².